The number of rotatable bonds is 6. The van der Waals surface area contributed by atoms with Crippen LogP contribution in [0.5, 0.6) is 5.75 Å². The molecule has 0 heterocycles. The number of halogens is 1. The summed E-state index contributed by atoms with van der Waals surface area (Å²) in [6.07, 6.45) is 1.00. The van der Waals surface area contributed by atoms with E-state index in [1.54, 1.807) is 6.07 Å². The molecule has 0 bridgehead atoms. The molecule has 20 heavy (non-hydrogen) atoms. The van der Waals surface area contributed by atoms with Crippen molar-refractivity contribution in [2.45, 2.75) is 26.8 Å². The van der Waals surface area contributed by atoms with Crippen LogP contribution in [0, 0.1) is 12.7 Å². The van der Waals surface area contributed by atoms with Crippen molar-refractivity contribution in [1.29, 1.82) is 0 Å². The van der Waals surface area contributed by atoms with Gasteiger partial charge in [-0.3, -0.25) is 0 Å². The molecule has 0 radical (unpaired) electrons. The third kappa shape index (κ3) is 3.98. The van der Waals surface area contributed by atoms with Gasteiger partial charge in [-0.25, -0.2) is 4.39 Å². The fourth-order valence-electron chi connectivity index (χ4n) is 1.94. The monoisotopic (exact) mass is 273 g/mol. The summed E-state index contributed by atoms with van der Waals surface area (Å²) in [6, 6.07) is 12.7. The average Bonchev–Trinajstić information content (AvgIpc) is 2.45. The molecule has 3 heteroatoms. The van der Waals surface area contributed by atoms with Crippen molar-refractivity contribution in [2.75, 3.05) is 11.9 Å². The first-order valence-corrected chi connectivity index (χ1v) is 6.91. The van der Waals surface area contributed by atoms with Gasteiger partial charge in [0.25, 0.3) is 0 Å². The molecule has 0 aromatic heterocycles. The molecule has 2 nitrogen and oxygen atoms in total. The van der Waals surface area contributed by atoms with Crippen molar-refractivity contribution in [3.63, 3.8) is 0 Å². The van der Waals surface area contributed by atoms with Gasteiger partial charge in [0.2, 0.25) is 0 Å². The number of ether oxygens (including phenoxy) is 1. The molecular weight excluding hydrogens is 253 g/mol. The molecule has 0 atom stereocenters. The lowest BCUT2D eigenvalue weighted by molar-refractivity contribution is 0.317. The predicted octanol–water partition coefficient (Wildman–Crippen LogP) is 4.54. The van der Waals surface area contributed by atoms with Crippen LogP contribution in [0.25, 0.3) is 0 Å². The molecule has 2 rings (SSSR count). The summed E-state index contributed by atoms with van der Waals surface area (Å²) < 4.78 is 18.6. The lowest BCUT2D eigenvalue weighted by atomic mass is 10.1. The highest BCUT2D eigenvalue weighted by atomic mass is 19.1. The van der Waals surface area contributed by atoms with Crippen molar-refractivity contribution in [3.05, 3.63) is 59.4 Å². The number of nitrogens with one attached hydrogen (secondary N) is 1. The van der Waals surface area contributed by atoms with Gasteiger partial charge in [-0.2, -0.15) is 0 Å². The van der Waals surface area contributed by atoms with Gasteiger partial charge in [-0.15, -0.1) is 0 Å². The van der Waals surface area contributed by atoms with E-state index in [9.17, 15) is 4.39 Å². The van der Waals surface area contributed by atoms with Crippen molar-refractivity contribution < 1.29 is 9.13 Å². The molecule has 1 N–H and O–H groups in total. The highest BCUT2D eigenvalue weighted by Gasteiger charge is 2.00. The number of aryl methyl sites for hydroxylation is 1. The van der Waals surface area contributed by atoms with Crippen LogP contribution in [0.2, 0.25) is 0 Å². The lowest BCUT2D eigenvalue weighted by Crippen LogP contribution is -2.02. The number of hydrogen-bond donors (Lipinski definition) is 1. The van der Waals surface area contributed by atoms with E-state index in [4.69, 9.17) is 4.74 Å². The molecule has 0 spiro atoms. The summed E-state index contributed by atoms with van der Waals surface area (Å²) >= 11 is 0. The van der Waals surface area contributed by atoms with Gasteiger partial charge in [0.15, 0.2) is 0 Å². The van der Waals surface area contributed by atoms with Crippen LogP contribution in [0.3, 0.4) is 0 Å². The van der Waals surface area contributed by atoms with Gasteiger partial charge < -0.3 is 10.1 Å². The van der Waals surface area contributed by atoms with Crippen LogP contribution in [0.15, 0.2) is 42.5 Å². The van der Waals surface area contributed by atoms with Gasteiger partial charge in [0, 0.05) is 12.2 Å². The zero-order valence-corrected chi connectivity index (χ0v) is 11.9. The van der Waals surface area contributed by atoms with E-state index in [2.05, 4.69) is 12.2 Å². The Morgan fingerprint density at radius 3 is 2.50 bits per heavy atom. The highest BCUT2D eigenvalue weighted by Crippen LogP contribution is 2.17. The van der Waals surface area contributed by atoms with Crippen molar-refractivity contribution in [3.8, 4) is 5.75 Å². The molecular formula is C17H20FNO. The summed E-state index contributed by atoms with van der Waals surface area (Å²) in [4.78, 5) is 0. The molecule has 0 fully saturated rings. The Hall–Kier alpha value is -2.03. The maximum atomic E-state index is 13.0. The smallest absolute Gasteiger partial charge is 0.123 e. The molecule has 0 saturated heterocycles. The zero-order chi connectivity index (χ0) is 14.4. The van der Waals surface area contributed by atoms with Crippen LogP contribution in [-0.2, 0) is 6.54 Å². The lowest BCUT2D eigenvalue weighted by Gasteiger charge is -2.10. The first-order chi connectivity index (χ1) is 9.69. The van der Waals surface area contributed by atoms with Crippen LogP contribution < -0.4 is 10.1 Å². The van der Waals surface area contributed by atoms with Gasteiger partial charge in [0.1, 0.15) is 11.6 Å². The van der Waals surface area contributed by atoms with E-state index in [1.165, 1.54) is 6.07 Å². The Labute approximate surface area is 119 Å². The molecule has 0 amide bonds. The third-order valence-corrected chi connectivity index (χ3v) is 3.11. The Kier molecular flexibility index (Phi) is 4.99. The van der Waals surface area contributed by atoms with Crippen molar-refractivity contribution >= 4 is 5.69 Å². The number of anilines is 1. The van der Waals surface area contributed by atoms with Crippen LogP contribution in [-0.4, -0.2) is 6.61 Å². The standard InChI is InChI=1S/C17H20FNO/c1-3-10-20-17-8-6-16(7-9-17)19-12-14-4-5-15(18)11-13(14)2/h4-9,11,19H,3,10,12H2,1-2H3. The normalized spacial score (nSPS) is 10.3. The molecule has 2 aromatic carbocycles. The molecule has 106 valence electrons. The maximum Gasteiger partial charge on any atom is 0.123 e. The van der Waals surface area contributed by atoms with Crippen molar-refractivity contribution in [1.82, 2.24) is 0 Å². The predicted molar refractivity (Wildman–Crippen MR) is 80.7 cm³/mol. The van der Waals surface area contributed by atoms with Gasteiger partial charge in [0.05, 0.1) is 6.61 Å². The van der Waals surface area contributed by atoms with E-state index in [0.717, 1.165) is 35.6 Å². The summed E-state index contributed by atoms with van der Waals surface area (Å²) in [5.41, 5.74) is 3.08. The van der Waals surface area contributed by atoms with E-state index in [-0.39, 0.29) is 5.82 Å². The van der Waals surface area contributed by atoms with Crippen LogP contribution in [0.4, 0.5) is 10.1 Å². The van der Waals surface area contributed by atoms with E-state index < -0.39 is 0 Å². The van der Waals surface area contributed by atoms with E-state index in [1.807, 2.05) is 37.3 Å². The minimum absolute atomic E-state index is 0.191. The van der Waals surface area contributed by atoms with Crippen LogP contribution in [0.1, 0.15) is 24.5 Å². The summed E-state index contributed by atoms with van der Waals surface area (Å²) in [6.45, 7) is 5.42. The second kappa shape index (κ2) is 6.94. The quantitative estimate of drug-likeness (QED) is 0.834. The fraction of sp³-hybridized carbons (Fsp3) is 0.294. The zero-order valence-electron chi connectivity index (χ0n) is 11.9. The Morgan fingerprint density at radius 1 is 1.10 bits per heavy atom. The second-order valence-corrected chi connectivity index (χ2v) is 4.80. The minimum Gasteiger partial charge on any atom is -0.494 e. The number of benzene rings is 2. The molecule has 0 saturated carbocycles. The summed E-state index contributed by atoms with van der Waals surface area (Å²) in [5, 5.41) is 3.33. The first kappa shape index (κ1) is 14.4. The third-order valence-electron chi connectivity index (χ3n) is 3.11. The fourth-order valence-corrected chi connectivity index (χ4v) is 1.94. The average molecular weight is 273 g/mol. The highest BCUT2D eigenvalue weighted by molar-refractivity contribution is 5.47. The molecule has 0 aliphatic rings. The molecule has 0 unspecified atom stereocenters. The second-order valence-electron chi connectivity index (χ2n) is 4.80. The largest absolute Gasteiger partial charge is 0.494 e. The summed E-state index contributed by atoms with van der Waals surface area (Å²) in [5.74, 6) is 0.694. The molecule has 2 aromatic rings. The Balaban J connectivity index is 1.93. The Morgan fingerprint density at radius 2 is 1.85 bits per heavy atom. The molecule has 0 aliphatic carbocycles. The molecule has 0 aliphatic heterocycles. The number of hydrogen-bond acceptors (Lipinski definition) is 2. The topological polar surface area (TPSA) is 21.3 Å². The van der Waals surface area contributed by atoms with E-state index >= 15 is 0 Å². The SMILES string of the molecule is CCCOc1ccc(NCc2ccc(F)cc2C)cc1. The Bertz CT molecular complexity index is 551. The minimum atomic E-state index is -0.191. The van der Waals surface area contributed by atoms with Gasteiger partial charge in [-0.1, -0.05) is 13.0 Å². The van der Waals surface area contributed by atoms with Gasteiger partial charge >= 0.3 is 0 Å². The van der Waals surface area contributed by atoms with E-state index in [0.29, 0.717) is 6.54 Å². The first-order valence-electron chi connectivity index (χ1n) is 6.91. The van der Waals surface area contributed by atoms with Crippen molar-refractivity contribution in [2.24, 2.45) is 0 Å². The maximum absolute atomic E-state index is 13.0. The van der Waals surface area contributed by atoms with Crippen LogP contribution >= 0.6 is 0 Å². The van der Waals surface area contributed by atoms with Gasteiger partial charge in [-0.05, 0) is 60.9 Å². The summed E-state index contributed by atoms with van der Waals surface area (Å²) in [7, 11) is 0.